The van der Waals surface area contributed by atoms with E-state index in [1.165, 1.54) is 60.1 Å². The molecule has 2 heterocycles. The van der Waals surface area contributed by atoms with Crippen LogP contribution in [0.15, 0.2) is 42.5 Å². The van der Waals surface area contributed by atoms with Gasteiger partial charge in [0.1, 0.15) is 5.75 Å². The maximum absolute atomic E-state index is 9.73. The van der Waals surface area contributed by atoms with Crippen LogP contribution in [0.1, 0.15) is 35.2 Å². The summed E-state index contributed by atoms with van der Waals surface area (Å²) in [6.07, 6.45) is 5.58. The standard InChI is InChI=1S/C27H32N2O2/c1-31-22-4-2-3-17(10-22)9-18-5-6-25-23(11-18)24-12-20-15-29(16-21-14-27(21)30)8-7-19(20)13-26(24)28-25/h2-6,10-11,19-21,27-28,30H,7-9,12-16H2,1H3. The predicted octanol–water partition coefficient (Wildman–Crippen LogP) is 4.18. The second kappa shape index (κ2) is 7.68. The lowest BCUT2D eigenvalue weighted by molar-refractivity contribution is 0.102. The minimum Gasteiger partial charge on any atom is -0.497 e. The average Bonchev–Trinajstić information content (AvgIpc) is 3.36. The van der Waals surface area contributed by atoms with Gasteiger partial charge in [0.05, 0.1) is 13.2 Å². The summed E-state index contributed by atoms with van der Waals surface area (Å²) in [6, 6.07) is 15.3. The first-order chi connectivity index (χ1) is 15.2. The largest absolute Gasteiger partial charge is 0.497 e. The summed E-state index contributed by atoms with van der Waals surface area (Å²) in [5.74, 6) is 3.00. The number of aliphatic hydroxyl groups excluding tert-OH is 1. The van der Waals surface area contributed by atoms with Crippen molar-refractivity contribution in [2.24, 2.45) is 17.8 Å². The number of piperidine rings is 1. The third kappa shape index (κ3) is 3.77. The third-order valence-electron chi connectivity index (χ3n) is 7.89. The van der Waals surface area contributed by atoms with Gasteiger partial charge in [-0.1, -0.05) is 18.2 Å². The minimum atomic E-state index is -0.0349. The highest BCUT2D eigenvalue weighted by Gasteiger charge is 2.40. The van der Waals surface area contributed by atoms with Crippen molar-refractivity contribution in [2.75, 3.05) is 26.7 Å². The van der Waals surface area contributed by atoms with Crippen LogP contribution in [0.4, 0.5) is 0 Å². The molecule has 1 saturated heterocycles. The molecule has 4 unspecified atom stereocenters. The van der Waals surface area contributed by atoms with Crippen LogP contribution >= 0.6 is 0 Å². The van der Waals surface area contributed by atoms with Gasteiger partial charge in [-0.2, -0.15) is 0 Å². The molecule has 1 saturated carbocycles. The van der Waals surface area contributed by atoms with Crippen molar-refractivity contribution in [1.82, 2.24) is 9.88 Å². The molecule has 4 nitrogen and oxygen atoms in total. The zero-order valence-electron chi connectivity index (χ0n) is 18.3. The number of likely N-dealkylation sites (tertiary alicyclic amines) is 1. The Morgan fingerprint density at radius 1 is 1.10 bits per heavy atom. The SMILES string of the molecule is COc1cccc(Cc2ccc3[nH]c4c(c3c2)CC2CN(CC3CC3O)CCC2C4)c1. The fourth-order valence-electron chi connectivity index (χ4n) is 5.99. The number of fused-ring (bicyclic) bond motifs is 4. The second-order valence-corrected chi connectivity index (χ2v) is 10.0. The number of aromatic nitrogens is 1. The highest BCUT2D eigenvalue weighted by atomic mass is 16.5. The van der Waals surface area contributed by atoms with Crippen LogP contribution in [0.5, 0.6) is 5.75 Å². The van der Waals surface area contributed by atoms with E-state index in [0.29, 0.717) is 5.92 Å². The quantitative estimate of drug-likeness (QED) is 0.656. The molecule has 2 fully saturated rings. The number of methoxy groups -OCH3 is 1. The van der Waals surface area contributed by atoms with Gasteiger partial charge in [0, 0.05) is 29.7 Å². The van der Waals surface area contributed by atoms with Crippen LogP contribution in [0.3, 0.4) is 0 Å². The van der Waals surface area contributed by atoms with E-state index in [4.69, 9.17) is 4.74 Å². The zero-order chi connectivity index (χ0) is 20.9. The lowest BCUT2D eigenvalue weighted by Crippen LogP contribution is -2.44. The van der Waals surface area contributed by atoms with Crippen molar-refractivity contribution in [1.29, 1.82) is 0 Å². The third-order valence-corrected chi connectivity index (χ3v) is 7.89. The van der Waals surface area contributed by atoms with Gasteiger partial charge >= 0.3 is 0 Å². The molecule has 1 aliphatic heterocycles. The van der Waals surface area contributed by atoms with Crippen molar-refractivity contribution in [2.45, 2.75) is 38.2 Å². The number of hydrogen-bond acceptors (Lipinski definition) is 3. The molecule has 2 N–H and O–H groups in total. The van der Waals surface area contributed by atoms with Crippen molar-refractivity contribution in [3.05, 3.63) is 64.8 Å². The van der Waals surface area contributed by atoms with Crippen LogP contribution in [-0.4, -0.2) is 47.8 Å². The number of nitrogens with one attached hydrogen (secondary N) is 1. The van der Waals surface area contributed by atoms with Crippen molar-refractivity contribution < 1.29 is 9.84 Å². The summed E-state index contributed by atoms with van der Waals surface area (Å²) >= 11 is 0. The number of hydrogen-bond donors (Lipinski definition) is 2. The predicted molar refractivity (Wildman–Crippen MR) is 124 cm³/mol. The minimum absolute atomic E-state index is 0.0349. The van der Waals surface area contributed by atoms with Crippen LogP contribution < -0.4 is 4.74 Å². The molecule has 3 aromatic rings. The summed E-state index contributed by atoms with van der Waals surface area (Å²) in [4.78, 5) is 6.37. The summed E-state index contributed by atoms with van der Waals surface area (Å²) in [7, 11) is 1.73. The Morgan fingerprint density at radius 3 is 2.81 bits per heavy atom. The van der Waals surface area contributed by atoms with E-state index >= 15 is 0 Å². The van der Waals surface area contributed by atoms with Crippen molar-refractivity contribution in [3.63, 3.8) is 0 Å². The van der Waals surface area contributed by atoms with Gasteiger partial charge in [-0.05, 0) is 97.4 Å². The number of benzene rings is 2. The molecule has 3 aliphatic rings. The molecule has 31 heavy (non-hydrogen) atoms. The molecular formula is C27H32N2O2. The van der Waals surface area contributed by atoms with Gasteiger partial charge in [0.2, 0.25) is 0 Å². The monoisotopic (exact) mass is 416 g/mol. The smallest absolute Gasteiger partial charge is 0.119 e. The van der Waals surface area contributed by atoms with E-state index in [-0.39, 0.29) is 6.10 Å². The summed E-state index contributed by atoms with van der Waals surface area (Å²) < 4.78 is 5.39. The highest BCUT2D eigenvalue weighted by molar-refractivity contribution is 5.85. The number of nitrogens with zero attached hydrogens (tertiary/aromatic N) is 1. The number of rotatable bonds is 5. The number of aromatic amines is 1. The zero-order valence-corrected chi connectivity index (χ0v) is 18.3. The first-order valence-corrected chi connectivity index (χ1v) is 11.8. The lowest BCUT2D eigenvalue weighted by Gasteiger charge is -2.41. The topological polar surface area (TPSA) is 48.5 Å². The fourth-order valence-corrected chi connectivity index (χ4v) is 5.99. The second-order valence-electron chi connectivity index (χ2n) is 10.0. The Balaban J connectivity index is 1.23. The van der Waals surface area contributed by atoms with Gasteiger partial charge in [0.25, 0.3) is 0 Å². The van der Waals surface area contributed by atoms with E-state index in [1.54, 1.807) is 12.7 Å². The molecule has 1 aromatic heterocycles. The molecule has 6 rings (SSSR count). The van der Waals surface area contributed by atoms with E-state index < -0.39 is 0 Å². The Morgan fingerprint density at radius 2 is 1.97 bits per heavy atom. The van der Waals surface area contributed by atoms with E-state index in [0.717, 1.165) is 37.0 Å². The molecule has 2 aliphatic carbocycles. The van der Waals surface area contributed by atoms with Crippen LogP contribution in [0.25, 0.3) is 10.9 Å². The molecule has 2 aromatic carbocycles. The fraction of sp³-hybridized carbons (Fsp3) is 0.481. The summed E-state index contributed by atoms with van der Waals surface area (Å²) in [5, 5.41) is 11.2. The van der Waals surface area contributed by atoms with Crippen LogP contribution in [0, 0.1) is 17.8 Å². The van der Waals surface area contributed by atoms with Gasteiger partial charge in [-0.15, -0.1) is 0 Å². The highest BCUT2D eigenvalue weighted by Crippen LogP contribution is 2.40. The molecular weight excluding hydrogens is 384 g/mol. The van der Waals surface area contributed by atoms with Gasteiger partial charge in [-0.25, -0.2) is 0 Å². The number of aliphatic hydroxyl groups is 1. The molecule has 0 bridgehead atoms. The molecule has 4 atom stereocenters. The average molecular weight is 417 g/mol. The molecule has 0 spiro atoms. The maximum atomic E-state index is 9.73. The molecule has 4 heteroatoms. The van der Waals surface area contributed by atoms with E-state index in [1.807, 2.05) is 6.07 Å². The first-order valence-electron chi connectivity index (χ1n) is 11.8. The Kier molecular flexibility index (Phi) is 4.81. The van der Waals surface area contributed by atoms with E-state index in [9.17, 15) is 5.11 Å². The van der Waals surface area contributed by atoms with Crippen molar-refractivity contribution in [3.8, 4) is 5.75 Å². The lowest BCUT2D eigenvalue weighted by atomic mass is 9.74. The van der Waals surface area contributed by atoms with Crippen molar-refractivity contribution >= 4 is 10.9 Å². The van der Waals surface area contributed by atoms with Gasteiger partial charge < -0.3 is 19.7 Å². The number of ether oxygens (including phenoxy) is 1. The van der Waals surface area contributed by atoms with Crippen LogP contribution in [0.2, 0.25) is 0 Å². The summed E-state index contributed by atoms with van der Waals surface area (Å²) in [6.45, 7) is 3.49. The normalized spacial score (nSPS) is 27.7. The summed E-state index contributed by atoms with van der Waals surface area (Å²) in [5.41, 5.74) is 6.96. The number of H-pyrrole nitrogens is 1. The Bertz CT molecular complexity index is 1100. The first kappa shape index (κ1) is 19.4. The van der Waals surface area contributed by atoms with Gasteiger partial charge in [-0.3, -0.25) is 0 Å². The maximum Gasteiger partial charge on any atom is 0.119 e. The Hall–Kier alpha value is -2.30. The molecule has 0 radical (unpaired) electrons. The molecule has 0 amide bonds. The van der Waals surface area contributed by atoms with Crippen LogP contribution in [-0.2, 0) is 19.3 Å². The van der Waals surface area contributed by atoms with Gasteiger partial charge in [0.15, 0.2) is 0 Å². The molecule has 162 valence electrons. The Labute approximate surface area is 184 Å². The van der Waals surface area contributed by atoms with E-state index in [2.05, 4.69) is 46.3 Å².